The third-order valence-electron chi connectivity index (χ3n) is 5.24. The highest BCUT2D eigenvalue weighted by Gasteiger charge is 2.13. The van der Waals surface area contributed by atoms with Gasteiger partial charge in [0, 0.05) is 55.7 Å². The lowest BCUT2D eigenvalue weighted by molar-refractivity contribution is 0.253. The maximum absolute atomic E-state index is 4.70. The Morgan fingerprint density at radius 2 is 1.62 bits per heavy atom. The predicted molar refractivity (Wildman–Crippen MR) is 118 cm³/mol. The molecule has 0 fully saturated rings. The molecule has 0 saturated carbocycles. The second kappa shape index (κ2) is 8.93. The Bertz CT molecular complexity index is 1090. The smallest absolute Gasteiger partial charge is 0.0622 e. The van der Waals surface area contributed by atoms with Crippen LogP contribution >= 0.6 is 0 Å². The first-order valence-corrected chi connectivity index (χ1v) is 10.1. The maximum atomic E-state index is 4.70. The monoisotopic (exact) mass is 382 g/mol. The van der Waals surface area contributed by atoms with E-state index < -0.39 is 0 Å². The van der Waals surface area contributed by atoms with E-state index in [-0.39, 0.29) is 0 Å². The third kappa shape index (κ3) is 4.84. The van der Waals surface area contributed by atoms with Crippen LogP contribution in [0, 0.1) is 13.8 Å². The number of pyridine rings is 3. The summed E-state index contributed by atoms with van der Waals surface area (Å²) < 4.78 is 0. The van der Waals surface area contributed by atoms with E-state index in [9.17, 15) is 0 Å². The van der Waals surface area contributed by atoms with Gasteiger partial charge in [-0.15, -0.1) is 0 Å². The molecular formula is C25H26N4. The second-order valence-corrected chi connectivity index (χ2v) is 7.54. The van der Waals surface area contributed by atoms with Crippen molar-refractivity contribution in [2.45, 2.75) is 33.4 Å². The Kier molecular flexibility index (Phi) is 5.92. The van der Waals surface area contributed by atoms with Crippen molar-refractivity contribution in [3.05, 3.63) is 101 Å². The average Bonchev–Trinajstić information content (AvgIpc) is 2.75. The van der Waals surface area contributed by atoms with Gasteiger partial charge in [0.15, 0.2) is 0 Å². The summed E-state index contributed by atoms with van der Waals surface area (Å²) in [5, 5.41) is 2.44. The Labute approximate surface area is 172 Å². The van der Waals surface area contributed by atoms with Crippen LogP contribution in [0.2, 0.25) is 0 Å². The number of hydrogen-bond donors (Lipinski definition) is 0. The van der Waals surface area contributed by atoms with Gasteiger partial charge < -0.3 is 0 Å². The standard InChI is InChI=1S/C25H26N4/c1-19-15-20(2)24(28-16-19)17-29(14-11-22-8-5-6-12-26-22)18-25-23-9-4-3-7-21(23)10-13-27-25/h3-10,12-13,15-16H,11,14,17-18H2,1-2H3. The maximum Gasteiger partial charge on any atom is 0.0622 e. The highest BCUT2D eigenvalue weighted by atomic mass is 15.1. The molecule has 4 heteroatoms. The van der Waals surface area contributed by atoms with E-state index in [1.165, 1.54) is 21.9 Å². The molecule has 4 nitrogen and oxygen atoms in total. The highest BCUT2D eigenvalue weighted by molar-refractivity contribution is 5.84. The van der Waals surface area contributed by atoms with E-state index in [4.69, 9.17) is 9.97 Å². The SMILES string of the molecule is Cc1cnc(CN(CCc2ccccn2)Cc2nccc3ccccc23)c(C)c1. The summed E-state index contributed by atoms with van der Waals surface area (Å²) in [6, 6.07) is 18.8. The summed E-state index contributed by atoms with van der Waals surface area (Å²) in [6.45, 7) is 6.70. The molecule has 0 atom stereocenters. The van der Waals surface area contributed by atoms with Crippen molar-refractivity contribution in [2.24, 2.45) is 0 Å². The van der Waals surface area contributed by atoms with E-state index in [0.29, 0.717) is 0 Å². The minimum absolute atomic E-state index is 0.781. The molecule has 0 bridgehead atoms. The summed E-state index contributed by atoms with van der Waals surface area (Å²) in [5.74, 6) is 0. The van der Waals surface area contributed by atoms with Gasteiger partial charge in [-0.3, -0.25) is 19.9 Å². The molecule has 0 saturated heterocycles. The van der Waals surface area contributed by atoms with E-state index >= 15 is 0 Å². The van der Waals surface area contributed by atoms with Crippen molar-refractivity contribution in [1.82, 2.24) is 19.9 Å². The Hall–Kier alpha value is -3.11. The summed E-state index contributed by atoms with van der Waals surface area (Å²) in [6.07, 6.45) is 6.62. The molecule has 0 aliphatic heterocycles. The Morgan fingerprint density at radius 1 is 0.793 bits per heavy atom. The van der Waals surface area contributed by atoms with Crippen LogP contribution in [0.1, 0.15) is 28.2 Å². The average molecular weight is 383 g/mol. The predicted octanol–water partition coefficient (Wildman–Crippen LogP) is 4.89. The number of aromatic nitrogens is 3. The lowest BCUT2D eigenvalue weighted by atomic mass is 10.1. The molecule has 3 heterocycles. The van der Waals surface area contributed by atoms with Gasteiger partial charge in [0.25, 0.3) is 0 Å². The van der Waals surface area contributed by atoms with Crippen LogP contribution in [0.25, 0.3) is 10.8 Å². The minimum atomic E-state index is 0.781. The van der Waals surface area contributed by atoms with E-state index in [0.717, 1.165) is 43.1 Å². The molecule has 3 aromatic heterocycles. The number of hydrogen-bond acceptors (Lipinski definition) is 4. The molecule has 4 aromatic rings. The molecular weight excluding hydrogens is 356 g/mol. The molecule has 0 radical (unpaired) electrons. The molecule has 29 heavy (non-hydrogen) atoms. The number of rotatable bonds is 7. The molecule has 0 aliphatic rings. The Balaban J connectivity index is 1.59. The zero-order chi connectivity index (χ0) is 20.1. The van der Waals surface area contributed by atoms with Crippen LogP contribution in [0.5, 0.6) is 0 Å². The van der Waals surface area contributed by atoms with Gasteiger partial charge >= 0.3 is 0 Å². The molecule has 4 rings (SSSR count). The number of nitrogens with zero attached hydrogens (tertiary/aromatic N) is 4. The first kappa shape index (κ1) is 19.2. The second-order valence-electron chi connectivity index (χ2n) is 7.54. The van der Waals surface area contributed by atoms with Crippen molar-refractivity contribution in [2.75, 3.05) is 6.54 Å². The topological polar surface area (TPSA) is 41.9 Å². The van der Waals surface area contributed by atoms with E-state index in [1.807, 2.05) is 30.7 Å². The van der Waals surface area contributed by atoms with Crippen molar-refractivity contribution in [1.29, 1.82) is 0 Å². The van der Waals surface area contributed by atoms with Crippen molar-refractivity contribution >= 4 is 10.8 Å². The van der Waals surface area contributed by atoms with Gasteiger partial charge in [0.2, 0.25) is 0 Å². The lowest BCUT2D eigenvalue weighted by Gasteiger charge is -2.23. The first-order chi connectivity index (χ1) is 14.2. The van der Waals surface area contributed by atoms with Crippen LogP contribution in [-0.2, 0) is 19.5 Å². The fourth-order valence-corrected chi connectivity index (χ4v) is 3.67. The molecule has 1 aromatic carbocycles. The minimum Gasteiger partial charge on any atom is -0.291 e. The lowest BCUT2D eigenvalue weighted by Crippen LogP contribution is -2.27. The van der Waals surface area contributed by atoms with Crippen LogP contribution in [-0.4, -0.2) is 26.4 Å². The molecule has 0 aliphatic carbocycles. The third-order valence-corrected chi connectivity index (χ3v) is 5.24. The number of aryl methyl sites for hydroxylation is 2. The van der Waals surface area contributed by atoms with Crippen LogP contribution in [0.4, 0.5) is 0 Å². The quantitative estimate of drug-likeness (QED) is 0.456. The summed E-state index contributed by atoms with van der Waals surface area (Å²) in [4.78, 5) is 16.3. The Morgan fingerprint density at radius 3 is 2.45 bits per heavy atom. The van der Waals surface area contributed by atoms with Crippen molar-refractivity contribution in [3.8, 4) is 0 Å². The zero-order valence-electron chi connectivity index (χ0n) is 17.0. The van der Waals surface area contributed by atoms with Gasteiger partial charge in [-0.25, -0.2) is 0 Å². The summed E-state index contributed by atoms with van der Waals surface area (Å²) in [5.41, 5.74) is 5.77. The zero-order valence-corrected chi connectivity index (χ0v) is 17.0. The summed E-state index contributed by atoms with van der Waals surface area (Å²) in [7, 11) is 0. The van der Waals surface area contributed by atoms with Crippen molar-refractivity contribution in [3.63, 3.8) is 0 Å². The van der Waals surface area contributed by atoms with Crippen molar-refractivity contribution < 1.29 is 0 Å². The molecule has 0 unspecified atom stereocenters. The van der Waals surface area contributed by atoms with Gasteiger partial charge in [-0.2, -0.15) is 0 Å². The fourth-order valence-electron chi connectivity index (χ4n) is 3.67. The van der Waals surface area contributed by atoms with Gasteiger partial charge in [-0.1, -0.05) is 36.4 Å². The van der Waals surface area contributed by atoms with Gasteiger partial charge in [0.05, 0.1) is 11.4 Å². The first-order valence-electron chi connectivity index (χ1n) is 10.1. The molecule has 0 spiro atoms. The molecule has 146 valence electrons. The van der Waals surface area contributed by atoms with Crippen LogP contribution in [0.3, 0.4) is 0 Å². The molecule has 0 amide bonds. The van der Waals surface area contributed by atoms with E-state index in [1.54, 1.807) is 0 Å². The van der Waals surface area contributed by atoms with Gasteiger partial charge in [0.1, 0.15) is 0 Å². The van der Waals surface area contributed by atoms with Gasteiger partial charge in [-0.05, 0) is 48.6 Å². The van der Waals surface area contributed by atoms with E-state index in [2.05, 4.69) is 66.2 Å². The largest absolute Gasteiger partial charge is 0.291 e. The molecule has 0 N–H and O–H groups in total. The highest BCUT2D eigenvalue weighted by Crippen LogP contribution is 2.19. The summed E-state index contributed by atoms with van der Waals surface area (Å²) >= 11 is 0. The number of benzene rings is 1. The number of fused-ring (bicyclic) bond motifs is 1. The normalized spacial score (nSPS) is 11.3. The van der Waals surface area contributed by atoms with Crippen LogP contribution in [0.15, 0.2) is 73.2 Å². The van der Waals surface area contributed by atoms with Crippen LogP contribution < -0.4 is 0 Å². The fraction of sp³-hybridized carbons (Fsp3) is 0.240.